The van der Waals surface area contributed by atoms with Crippen LogP contribution in [0.1, 0.15) is 17.5 Å². The molecule has 1 amide bonds. The monoisotopic (exact) mass is 308 g/mol. The van der Waals surface area contributed by atoms with Crippen LogP contribution in [0.3, 0.4) is 0 Å². The molecule has 1 unspecified atom stereocenters. The highest BCUT2D eigenvalue weighted by atomic mass is 32.2. The van der Waals surface area contributed by atoms with Crippen molar-refractivity contribution in [2.75, 3.05) is 11.1 Å². The van der Waals surface area contributed by atoms with E-state index in [1.54, 1.807) is 6.07 Å². The van der Waals surface area contributed by atoms with Gasteiger partial charge in [0.25, 0.3) is 0 Å². The van der Waals surface area contributed by atoms with Gasteiger partial charge in [0.1, 0.15) is 5.01 Å². The molecule has 0 spiro atoms. The summed E-state index contributed by atoms with van der Waals surface area (Å²) in [5.74, 6) is -0.0595. The van der Waals surface area contributed by atoms with Crippen molar-refractivity contribution in [3.05, 3.63) is 28.8 Å². The Morgan fingerprint density at radius 3 is 2.75 bits per heavy atom. The van der Waals surface area contributed by atoms with Gasteiger partial charge in [0.05, 0.1) is 5.25 Å². The highest BCUT2D eigenvalue weighted by Gasteiger charge is 2.17. The molecule has 0 bridgehead atoms. The van der Waals surface area contributed by atoms with Crippen molar-refractivity contribution in [3.8, 4) is 0 Å². The van der Waals surface area contributed by atoms with Crippen LogP contribution in [-0.4, -0.2) is 21.4 Å². The second-order valence-corrected chi connectivity index (χ2v) is 7.18. The largest absolute Gasteiger partial charge is 0.399 e. The van der Waals surface area contributed by atoms with Crippen molar-refractivity contribution >= 4 is 40.4 Å². The average molecular weight is 308 g/mol. The molecule has 7 heteroatoms. The Bertz CT molecular complexity index is 627. The van der Waals surface area contributed by atoms with Gasteiger partial charge in [0, 0.05) is 11.4 Å². The van der Waals surface area contributed by atoms with E-state index >= 15 is 0 Å². The third-order valence-corrected chi connectivity index (χ3v) is 4.69. The zero-order chi connectivity index (χ0) is 14.7. The Balaban J connectivity index is 2.00. The first-order chi connectivity index (χ1) is 9.45. The number of hydrogen-bond acceptors (Lipinski definition) is 6. The van der Waals surface area contributed by atoms with Crippen LogP contribution in [-0.2, 0) is 4.79 Å². The van der Waals surface area contributed by atoms with Crippen LogP contribution >= 0.6 is 23.1 Å². The van der Waals surface area contributed by atoms with Gasteiger partial charge in [-0.3, -0.25) is 4.79 Å². The maximum absolute atomic E-state index is 12.2. The van der Waals surface area contributed by atoms with Crippen LogP contribution in [0.4, 0.5) is 11.4 Å². The molecule has 2 rings (SSSR count). The van der Waals surface area contributed by atoms with Crippen LogP contribution in [0.5, 0.6) is 0 Å². The lowest BCUT2D eigenvalue weighted by Crippen LogP contribution is -2.22. The summed E-state index contributed by atoms with van der Waals surface area (Å²) in [7, 11) is 0. The number of carbonyl (C=O) groups is 1. The van der Waals surface area contributed by atoms with Crippen LogP contribution < -0.4 is 11.1 Å². The minimum absolute atomic E-state index is 0.0595. The summed E-state index contributed by atoms with van der Waals surface area (Å²) in [5.41, 5.74) is 8.11. The zero-order valence-corrected chi connectivity index (χ0v) is 13.1. The number of hydrogen-bond donors (Lipinski definition) is 2. The SMILES string of the molecule is Cc1nnc(SC(C)C(=O)Nc2ccc(N)cc2C)s1. The number of nitrogen functional groups attached to an aromatic ring is 1. The van der Waals surface area contributed by atoms with E-state index in [-0.39, 0.29) is 11.2 Å². The molecule has 2 aromatic rings. The highest BCUT2D eigenvalue weighted by molar-refractivity contribution is 8.02. The molecule has 1 heterocycles. The predicted molar refractivity (Wildman–Crippen MR) is 84.2 cm³/mol. The molecule has 1 atom stereocenters. The van der Waals surface area contributed by atoms with E-state index in [4.69, 9.17) is 5.73 Å². The Morgan fingerprint density at radius 1 is 1.40 bits per heavy atom. The predicted octanol–water partition coefficient (Wildman–Crippen LogP) is 2.86. The van der Waals surface area contributed by atoms with Gasteiger partial charge in [-0.05, 0) is 44.5 Å². The summed E-state index contributed by atoms with van der Waals surface area (Å²) >= 11 is 2.90. The van der Waals surface area contributed by atoms with E-state index in [2.05, 4.69) is 15.5 Å². The van der Waals surface area contributed by atoms with E-state index in [9.17, 15) is 4.79 Å². The summed E-state index contributed by atoms with van der Waals surface area (Å²) in [6.07, 6.45) is 0. The number of benzene rings is 1. The summed E-state index contributed by atoms with van der Waals surface area (Å²) < 4.78 is 0.805. The Morgan fingerprint density at radius 2 is 2.15 bits per heavy atom. The lowest BCUT2D eigenvalue weighted by Gasteiger charge is -2.12. The standard InChI is InChI=1S/C13H16N4OS2/c1-7-6-10(14)4-5-11(7)15-12(18)8(2)19-13-17-16-9(3)20-13/h4-6,8H,14H2,1-3H3,(H,15,18). The molecule has 20 heavy (non-hydrogen) atoms. The van der Waals surface area contributed by atoms with Crippen molar-refractivity contribution in [1.82, 2.24) is 10.2 Å². The van der Waals surface area contributed by atoms with Gasteiger partial charge in [0.2, 0.25) is 5.91 Å². The molecule has 0 saturated heterocycles. The molecular formula is C13H16N4OS2. The number of carbonyl (C=O) groups excluding carboxylic acids is 1. The number of thioether (sulfide) groups is 1. The molecule has 106 valence electrons. The van der Waals surface area contributed by atoms with Gasteiger partial charge in [-0.15, -0.1) is 10.2 Å². The van der Waals surface area contributed by atoms with Crippen LogP contribution in [0.15, 0.2) is 22.5 Å². The Hall–Kier alpha value is -1.60. The molecule has 0 aliphatic heterocycles. The molecule has 3 N–H and O–H groups in total. The molecule has 0 fully saturated rings. The second-order valence-electron chi connectivity index (χ2n) is 4.41. The first-order valence-electron chi connectivity index (χ1n) is 6.09. The quantitative estimate of drug-likeness (QED) is 0.670. The Kier molecular flexibility index (Phi) is 4.61. The van der Waals surface area contributed by atoms with Gasteiger partial charge in [-0.1, -0.05) is 23.1 Å². The van der Waals surface area contributed by atoms with Gasteiger partial charge >= 0.3 is 0 Å². The summed E-state index contributed by atoms with van der Waals surface area (Å²) in [6, 6.07) is 5.42. The van der Waals surface area contributed by atoms with Crippen LogP contribution in [0.25, 0.3) is 0 Å². The van der Waals surface area contributed by atoms with E-state index < -0.39 is 0 Å². The van der Waals surface area contributed by atoms with Gasteiger partial charge in [-0.25, -0.2) is 0 Å². The number of anilines is 2. The third kappa shape index (κ3) is 3.71. The fraction of sp³-hybridized carbons (Fsp3) is 0.308. The summed E-state index contributed by atoms with van der Waals surface area (Å²) in [6.45, 7) is 5.66. The highest BCUT2D eigenvalue weighted by Crippen LogP contribution is 2.27. The summed E-state index contributed by atoms with van der Waals surface area (Å²) in [4.78, 5) is 12.2. The first-order valence-corrected chi connectivity index (χ1v) is 7.79. The van der Waals surface area contributed by atoms with E-state index in [1.165, 1.54) is 23.1 Å². The lowest BCUT2D eigenvalue weighted by atomic mass is 10.2. The molecule has 1 aromatic heterocycles. The van der Waals surface area contributed by atoms with E-state index in [0.29, 0.717) is 5.69 Å². The van der Waals surface area contributed by atoms with Crippen molar-refractivity contribution < 1.29 is 4.79 Å². The molecular weight excluding hydrogens is 292 g/mol. The maximum atomic E-state index is 12.2. The number of amides is 1. The van der Waals surface area contributed by atoms with Crippen LogP contribution in [0.2, 0.25) is 0 Å². The molecule has 0 aliphatic carbocycles. The van der Waals surface area contributed by atoms with Crippen molar-refractivity contribution in [2.24, 2.45) is 0 Å². The van der Waals surface area contributed by atoms with Gasteiger partial charge < -0.3 is 11.1 Å². The van der Waals surface area contributed by atoms with Crippen LogP contribution in [0, 0.1) is 13.8 Å². The van der Waals surface area contributed by atoms with E-state index in [0.717, 1.165) is 20.6 Å². The minimum atomic E-state index is -0.237. The number of rotatable bonds is 4. The molecule has 1 aromatic carbocycles. The number of nitrogens with two attached hydrogens (primary N) is 1. The molecule has 0 saturated carbocycles. The summed E-state index contributed by atoms with van der Waals surface area (Å²) in [5, 5.41) is 11.5. The number of aryl methyl sites for hydroxylation is 2. The lowest BCUT2D eigenvalue weighted by molar-refractivity contribution is -0.115. The maximum Gasteiger partial charge on any atom is 0.237 e. The fourth-order valence-corrected chi connectivity index (χ4v) is 3.55. The third-order valence-electron chi connectivity index (χ3n) is 2.66. The minimum Gasteiger partial charge on any atom is -0.399 e. The van der Waals surface area contributed by atoms with Gasteiger partial charge in [0.15, 0.2) is 4.34 Å². The topological polar surface area (TPSA) is 80.9 Å². The van der Waals surface area contributed by atoms with E-state index in [1.807, 2.05) is 32.9 Å². The zero-order valence-electron chi connectivity index (χ0n) is 11.5. The van der Waals surface area contributed by atoms with Crippen molar-refractivity contribution in [1.29, 1.82) is 0 Å². The molecule has 0 radical (unpaired) electrons. The number of nitrogens with zero attached hydrogens (tertiary/aromatic N) is 2. The Labute approximate surface area is 126 Å². The average Bonchev–Trinajstić information content (AvgIpc) is 2.78. The second kappa shape index (κ2) is 6.23. The number of nitrogens with one attached hydrogen (secondary N) is 1. The number of aromatic nitrogens is 2. The normalized spacial score (nSPS) is 12.2. The van der Waals surface area contributed by atoms with Crippen molar-refractivity contribution in [2.45, 2.75) is 30.4 Å². The molecule has 5 nitrogen and oxygen atoms in total. The van der Waals surface area contributed by atoms with Gasteiger partial charge in [-0.2, -0.15) is 0 Å². The fourth-order valence-electron chi connectivity index (χ4n) is 1.59. The molecule has 0 aliphatic rings. The van der Waals surface area contributed by atoms with Crippen molar-refractivity contribution in [3.63, 3.8) is 0 Å². The smallest absolute Gasteiger partial charge is 0.237 e. The first kappa shape index (κ1) is 14.8.